The number of allylic oxidation sites excluding steroid dienone is 1. The molecule has 0 saturated heterocycles. The summed E-state index contributed by atoms with van der Waals surface area (Å²) in [7, 11) is 0. The summed E-state index contributed by atoms with van der Waals surface area (Å²) >= 11 is 6.75. The van der Waals surface area contributed by atoms with E-state index in [0.29, 0.717) is 5.56 Å². The molecular weight excluding hydrogens is 356 g/mol. The minimum absolute atomic E-state index is 0.00345. The first kappa shape index (κ1) is 13.2. The van der Waals surface area contributed by atoms with Gasteiger partial charge < -0.3 is 0 Å². The van der Waals surface area contributed by atoms with Gasteiger partial charge in [-0.1, -0.05) is 62.2 Å². The Morgan fingerprint density at radius 1 is 0.944 bits per heavy atom. The molecule has 2 rings (SSSR count). The predicted octanol–water partition coefficient (Wildman–Crippen LogP) is 5.11. The zero-order valence-corrected chi connectivity index (χ0v) is 12.6. The first-order chi connectivity index (χ1) is 8.65. The van der Waals surface area contributed by atoms with E-state index in [-0.39, 0.29) is 5.78 Å². The maximum atomic E-state index is 11.9. The Labute approximate surface area is 123 Å². The summed E-state index contributed by atoms with van der Waals surface area (Å²) in [5.74, 6) is -0.00345. The Balaban J connectivity index is 2.17. The molecule has 0 bridgehead atoms. The third-order valence-electron chi connectivity index (χ3n) is 2.38. The number of carbonyl (C=O) groups excluding carboxylic acids is 1. The van der Waals surface area contributed by atoms with Crippen molar-refractivity contribution in [2.24, 2.45) is 0 Å². The summed E-state index contributed by atoms with van der Waals surface area (Å²) < 4.78 is 1.91. The molecule has 90 valence electrons. The second-order valence-electron chi connectivity index (χ2n) is 3.76. The van der Waals surface area contributed by atoms with Gasteiger partial charge in [0.2, 0.25) is 0 Å². The number of hydrogen-bond donors (Lipinski definition) is 0. The van der Waals surface area contributed by atoms with Gasteiger partial charge in [-0.25, -0.2) is 0 Å². The molecule has 1 nitrogen and oxygen atoms in total. The molecule has 2 aromatic rings. The molecule has 0 spiro atoms. The van der Waals surface area contributed by atoms with Gasteiger partial charge in [0.1, 0.15) is 0 Å². The summed E-state index contributed by atoms with van der Waals surface area (Å²) in [5, 5.41) is 0. The highest BCUT2D eigenvalue weighted by Crippen LogP contribution is 2.15. The predicted molar refractivity (Wildman–Crippen MR) is 81.6 cm³/mol. The third-order valence-corrected chi connectivity index (χ3v) is 3.37. The van der Waals surface area contributed by atoms with E-state index in [2.05, 4.69) is 31.9 Å². The second-order valence-corrected chi connectivity index (χ2v) is 5.59. The number of halogens is 2. The first-order valence-electron chi connectivity index (χ1n) is 5.39. The lowest BCUT2D eigenvalue weighted by atomic mass is 10.1. The summed E-state index contributed by atoms with van der Waals surface area (Å²) in [5.41, 5.74) is 1.67. The first-order valence-corrected chi connectivity index (χ1v) is 6.97. The number of ketones is 1. The van der Waals surface area contributed by atoms with E-state index in [0.717, 1.165) is 14.5 Å². The van der Waals surface area contributed by atoms with Crippen LogP contribution in [0.3, 0.4) is 0 Å². The highest BCUT2D eigenvalue weighted by Gasteiger charge is 2.01. The lowest BCUT2D eigenvalue weighted by Gasteiger charge is -1.97. The van der Waals surface area contributed by atoms with Crippen molar-refractivity contribution in [3.05, 3.63) is 74.7 Å². The Morgan fingerprint density at radius 2 is 1.61 bits per heavy atom. The monoisotopic (exact) mass is 364 g/mol. The normalized spacial score (nSPS) is 10.8. The molecule has 0 fully saturated rings. The zero-order chi connectivity index (χ0) is 13.0. The lowest BCUT2D eigenvalue weighted by Crippen LogP contribution is -1.93. The molecule has 0 aliphatic rings. The van der Waals surface area contributed by atoms with Crippen LogP contribution in [-0.4, -0.2) is 5.78 Å². The van der Waals surface area contributed by atoms with E-state index in [4.69, 9.17) is 0 Å². The van der Waals surface area contributed by atoms with Crippen LogP contribution in [-0.2, 0) is 0 Å². The SMILES string of the molecule is O=C(C=Cc1cccc(Br)c1)c1cccc(Br)c1. The number of hydrogen-bond acceptors (Lipinski definition) is 1. The van der Waals surface area contributed by atoms with Crippen LogP contribution in [0.25, 0.3) is 6.08 Å². The van der Waals surface area contributed by atoms with Crippen LogP contribution >= 0.6 is 31.9 Å². The quantitative estimate of drug-likeness (QED) is 0.545. The van der Waals surface area contributed by atoms with Crippen LogP contribution in [0.1, 0.15) is 15.9 Å². The van der Waals surface area contributed by atoms with Crippen molar-refractivity contribution in [1.29, 1.82) is 0 Å². The molecule has 18 heavy (non-hydrogen) atoms. The van der Waals surface area contributed by atoms with Gasteiger partial charge in [-0.05, 0) is 35.9 Å². The molecule has 0 aromatic heterocycles. The number of carbonyl (C=O) groups is 1. The van der Waals surface area contributed by atoms with Crippen LogP contribution < -0.4 is 0 Å². The molecular formula is C15H10Br2O. The van der Waals surface area contributed by atoms with E-state index in [9.17, 15) is 4.79 Å². The molecule has 0 radical (unpaired) electrons. The third kappa shape index (κ3) is 3.65. The largest absolute Gasteiger partial charge is 0.289 e. The van der Waals surface area contributed by atoms with E-state index in [1.54, 1.807) is 12.1 Å². The summed E-state index contributed by atoms with van der Waals surface area (Å²) in [6.45, 7) is 0. The van der Waals surface area contributed by atoms with Crippen molar-refractivity contribution < 1.29 is 4.79 Å². The standard InChI is InChI=1S/C15H10Br2O/c16-13-5-1-3-11(9-13)7-8-15(18)12-4-2-6-14(17)10-12/h1-10H. The van der Waals surface area contributed by atoms with Crippen molar-refractivity contribution in [2.45, 2.75) is 0 Å². The van der Waals surface area contributed by atoms with Crippen LogP contribution in [0.4, 0.5) is 0 Å². The topological polar surface area (TPSA) is 17.1 Å². The summed E-state index contributed by atoms with van der Waals surface area (Å²) in [6.07, 6.45) is 3.40. The molecule has 0 amide bonds. The van der Waals surface area contributed by atoms with Gasteiger partial charge in [0, 0.05) is 14.5 Å². The second kappa shape index (κ2) is 6.12. The fraction of sp³-hybridized carbons (Fsp3) is 0. The van der Waals surface area contributed by atoms with E-state index >= 15 is 0 Å². The summed E-state index contributed by atoms with van der Waals surface area (Å²) in [6, 6.07) is 15.2. The molecule has 0 N–H and O–H groups in total. The lowest BCUT2D eigenvalue weighted by molar-refractivity contribution is 0.104. The molecule has 0 saturated carbocycles. The van der Waals surface area contributed by atoms with Gasteiger partial charge >= 0.3 is 0 Å². The Morgan fingerprint density at radius 3 is 2.28 bits per heavy atom. The van der Waals surface area contributed by atoms with E-state index in [1.165, 1.54) is 0 Å². The fourth-order valence-corrected chi connectivity index (χ4v) is 2.34. The average Bonchev–Trinajstić information content (AvgIpc) is 2.36. The smallest absolute Gasteiger partial charge is 0.185 e. The Hall–Kier alpha value is -1.19. The fourth-order valence-electron chi connectivity index (χ4n) is 1.52. The van der Waals surface area contributed by atoms with E-state index in [1.807, 2.05) is 48.5 Å². The molecule has 0 unspecified atom stereocenters. The van der Waals surface area contributed by atoms with Crippen molar-refractivity contribution in [1.82, 2.24) is 0 Å². The molecule has 0 aliphatic carbocycles. The maximum absolute atomic E-state index is 11.9. The van der Waals surface area contributed by atoms with Crippen molar-refractivity contribution >= 4 is 43.7 Å². The average molecular weight is 366 g/mol. The minimum Gasteiger partial charge on any atom is -0.289 e. The molecule has 2 aromatic carbocycles. The Bertz CT molecular complexity index is 603. The van der Waals surface area contributed by atoms with Crippen LogP contribution in [0.2, 0.25) is 0 Å². The van der Waals surface area contributed by atoms with Gasteiger partial charge in [0.05, 0.1) is 0 Å². The minimum atomic E-state index is -0.00345. The number of rotatable bonds is 3. The van der Waals surface area contributed by atoms with E-state index < -0.39 is 0 Å². The number of benzene rings is 2. The van der Waals surface area contributed by atoms with Crippen molar-refractivity contribution in [3.8, 4) is 0 Å². The highest BCUT2D eigenvalue weighted by molar-refractivity contribution is 9.10. The highest BCUT2D eigenvalue weighted by atomic mass is 79.9. The van der Waals surface area contributed by atoms with Crippen LogP contribution in [0, 0.1) is 0 Å². The van der Waals surface area contributed by atoms with Gasteiger partial charge in [0.25, 0.3) is 0 Å². The van der Waals surface area contributed by atoms with Gasteiger partial charge in [-0.15, -0.1) is 0 Å². The summed E-state index contributed by atoms with van der Waals surface area (Å²) in [4.78, 5) is 11.9. The van der Waals surface area contributed by atoms with Gasteiger partial charge in [0.15, 0.2) is 5.78 Å². The van der Waals surface area contributed by atoms with Gasteiger partial charge in [-0.3, -0.25) is 4.79 Å². The Kier molecular flexibility index (Phi) is 4.50. The molecule has 0 heterocycles. The van der Waals surface area contributed by atoms with Crippen molar-refractivity contribution in [3.63, 3.8) is 0 Å². The molecule has 3 heteroatoms. The molecule has 0 atom stereocenters. The van der Waals surface area contributed by atoms with Crippen LogP contribution in [0.5, 0.6) is 0 Å². The molecule has 0 aliphatic heterocycles. The van der Waals surface area contributed by atoms with Gasteiger partial charge in [-0.2, -0.15) is 0 Å². The maximum Gasteiger partial charge on any atom is 0.185 e. The van der Waals surface area contributed by atoms with Crippen molar-refractivity contribution in [2.75, 3.05) is 0 Å². The zero-order valence-electron chi connectivity index (χ0n) is 9.44. The van der Waals surface area contributed by atoms with Crippen LogP contribution in [0.15, 0.2) is 63.6 Å².